The monoisotopic (exact) mass is 275 g/mol. The highest BCUT2D eigenvalue weighted by atomic mass is 35.5. The first kappa shape index (κ1) is 12.7. The molecule has 0 aliphatic heterocycles. The number of hydrogen-bond acceptors (Lipinski definition) is 2. The van der Waals surface area contributed by atoms with Crippen LogP contribution < -0.4 is 0 Å². The highest BCUT2D eigenvalue weighted by Crippen LogP contribution is 2.41. The Labute approximate surface area is 118 Å². The molecule has 0 radical (unpaired) electrons. The quantitative estimate of drug-likeness (QED) is 0.839. The summed E-state index contributed by atoms with van der Waals surface area (Å²) in [5, 5.41) is 9.22. The molecule has 1 aliphatic carbocycles. The lowest BCUT2D eigenvalue weighted by molar-refractivity contribution is 0.742. The Hall–Kier alpha value is -1.35. The summed E-state index contributed by atoms with van der Waals surface area (Å²) in [7, 11) is 0. The van der Waals surface area contributed by atoms with E-state index in [1.807, 2.05) is 6.92 Å². The molecular weight excluding hydrogens is 258 g/mol. The van der Waals surface area contributed by atoms with Gasteiger partial charge in [-0.25, -0.2) is 0 Å². The second kappa shape index (κ2) is 4.64. The van der Waals surface area contributed by atoms with Crippen molar-refractivity contribution in [1.82, 2.24) is 14.8 Å². The van der Waals surface area contributed by atoms with Gasteiger partial charge in [0, 0.05) is 5.92 Å². The molecule has 4 heteroatoms. The molecule has 1 fully saturated rings. The topological polar surface area (TPSA) is 30.7 Å². The van der Waals surface area contributed by atoms with Crippen LogP contribution >= 0.6 is 11.6 Å². The van der Waals surface area contributed by atoms with Gasteiger partial charge < -0.3 is 0 Å². The molecule has 1 aromatic carbocycles. The summed E-state index contributed by atoms with van der Waals surface area (Å²) < 4.78 is 2.06. The minimum Gasteiger partial charge on any atom is -0.281 e. The van der Waals surface area contributed by atoms with Crippen molar-refractivity contribution in [3.8, 4) is 5.69 Å². The van der Waals surface area contributed by atoms with Crippen LogP contribution in [0.2, 0.25) is 5.02 Å². The molecule has 2 aromatic rings. The third-order valence-electron chi connectivity index (χ3n) is 3.63. The maximum Gasteiger partial charge on any atom is 0.140 e. The molecule has 3 rings (SSSR count). The molecule has 19 heavy (non-hydrogen) atoms. The predicted molar refractivity (Wildman–Crippen MR) is 77.2 cm³/mol. The molecule has 0 spiro atoms. The van der Waals surface area contributed by atoms with Gasteiger partial charge in [-0.15, -0.1) is 10.2 Å². The van der Waals surface area contributed by atoms with E-state index in [0.717, 1.165) is 28.3 Å². The number of benzene rings is 1. The lowest BCUT2D eigenvalue weighted by atomic mass is 10.1. The van der Waals surface area contributed by atoms with E-state index < -0.39 is 0 Å². The first-order valence-electron chi connectivity index (χ1n) is 6.79. The number of hydrogen-bond donors (Lipinski definition) is 0. The van der Waals surface area contributed by atoms with Gasteiger partial charge in [0.1, 0.15) is 11.6 Å². The van der Waals surface area contributed by atoms with E-state index in [-0.39, 0.29) is 0 Å². The summed E-state index contributed by atoms with van der Waals surface area (Å²) in [5.41, 5.74) is 2.34. The predicted octanol–water partition coefficient (Wildman–Crippen LogP) is 4.23. The lowest BCUT2D eigenvalue weighted by Crippen LogP contribution is -2.05. The normalized spacial score (nSPS) is 15.2. The van der Waals surface area contributed by atoms with Crippen LogP contribution in [0.25, 0.3) is 5.69 Å². The molecule has 0 atom stereocenters. The van der Waals surface area contributed by atoms with E-state index in [1.165, 1.54) is 18.4 Å². The standard InChI is InChI=1S/C15H18ClN3/c1-9(2)15-18-17-10(3)19(15)14-7-6-12(8-13(14)16)11-4-5-11/h6-9,11H,4-5H2,1-3H3. The van der Waals surface area contributed by atoms with Crippen molar-refractivity contribution in [2.45, 2.75) is 45.4 Å². The number of aryl methyl sites for hydroxylation is 1. The fraction of sp³-hybridized carbons (Fsp3) is 0.467. The molecule has 100 valence electrons. The minimum atomic E-state index is 0.320. The summed E-state index contributed by atoms with van der Waals surface area (Å²) in [4.78, 5) is 0. The molecule has 0 amide bonds. The number of rotatable bonds is 3. The van der Waals surface area contributed by atoms with Crippen LogP contribution in [0.4, 0.5) is 0 Å². The van der Waals surface area contributed by atoms with Crippen LogP contribution in [0.5, 0.6) is 0 Å². The molecule has 1 heterocycles. The smallest absolute Gasteiger partial charge is 0.140 e. The molecule has 1 aliphatic rings. The summed E-state index contributed by atoms with van der Waals surface area (Å²) in [5.74, 6) is 2.88. The molecule has 1 aromatic heterocycles. The van der Waals surface area contributed by atoms with Crippen LogP contribution in [-0.4, -0.2) is 14.8 Å². The highest BCUT2D eigenvalue weighted by Gasteiger charge is 2.24. The van der Waals surface area contributed by atoms with Crippen molar-refractivity contribution in [1.29, 1.82) is 0 Å². The van der Waals surface area contributed by atoms with E-state index in [1.54, 1.807) is 0 Å². The van der Waals surface area contributed by atoms with Gasteiger partial charge in [-0.3, -0.25) is 4.57 Å². The average molecular weight is 276 g/mol. The summed E-state index contributed by atoms with van der Waals surface area (Å²) in [6.07, 6.45) is 2.58. The first-order valence-corrected chi connectivity index (χ1v) is 7.17. The van der Waals surface area contributed by atoms with E-state index in [9.17, 15) is 0 Å². The van der Waals surface area contributed by atoms with Crippen LogP contribution in [0.15, 0.2) is 18.2 Å². The van der Waals surface area contributed by atoms with Crippen molar-refractivity contribution in [3.05, 3.63) is 40.4 Å². The van der Waals surface area contributed by atoms with Crippen molar-refractivity contribution < 1.29 is 0 Å². The van der Waals surface area contributed by atoms with Crippen molar-refractivity contribution in [2.75, 3.05) is 0 Å². The Morgan fingerprint density at radius 3 is 2.58 bits per heavy atom. The Balaban J connectivity index is 2.08. The Morgan fingerprint density at radius 1 is 1.26 bits per heavy atom. The maximum absolute atomic E-state index is 6.46. The lowest BCUT2D eigenvalue weighted by Gasteiger charge is -2.13. The van der Waals surface area contributed by atoms with Crippen LogP contribution in [0, 0.1) is 6.92 Å². The average Bonchev–Trinajstić information content (AvgIpc) is 3.13. The van der Waals surface area contributed by atoms with Gasteiger partial charge >= 0.3 is 0 Å². The van der Waals surface area contributed by atoms with Gasteiger partial charge in [-0.2, -0.15) is 0 Å². The zero-order valence-electron chi connectivity index (χ0n) is 11.5. The summed E-state index contributed by atoms with van der Waals surface area (Å²) in [6, 6.07) is 6.37. The Bertz CT molecular complexity index is 612. The van der Waals surface area contributed by atoms with E-state index in [0.29, 0.717) is 5.92 Å². The molecular formula is C15H18ClN3. The number of nitrogens with zero attached hydrogens (tertiary/aromatic N) is 3. The molecule has 1 saturated carbocycles. The highest BCUT2D eigenvalue weighted by molar-refractivity contribution is 6.32. The Kier molecular flexibility index (Phi) is 3.09. The number of halogens is 1. The fourth-order valence-electron chi connectivity index (χ4n) is 2.43. The first-order chi connectivity index (χ1) is 9.08. The van der Waals surface area contributed by atoms with Crippen LogP contribution in [-0.2, 0) is 0 Å². The summed E-state index contributed by atoms with van der Waals surface area (Å²) >= 11 is 6.46. The molecule has 0 unspecified atom stereocenters. The van der Waals surface area contributed by atoms with Crippen LogP contribution in [0.1, 0.15) is 55.7 Å². The van der Waals surface area contributed by atoms with Gasteiger partial charge in [0.25, 0.3) is 0 Å². The largest absolute Gasteiger partial charge is 0.281 e. The second-order valence-corrected chi connectivity index (χ2v) is 5.99. The minimum absolute atomic E-state index is 0.320. The number of aromatic nitrogens is 3. The third kappa shape index (κ3) is 2.27. The maximum atomic E-state index is 6.46. The van der Waals surface area contributed by atoms with Gasteiger partial charge in [0.15, 0.2) is 0 Å². The van der Waals surface area contributed by atoms with Gasteiger partial charge in [-0.1, -0.05) is 31.5 Å². The zero-order valence-corrected chi connectivity index (χ0v) is 12.3. The van der Waals surface area contributed by atoms with Crippen LogP contribution in [0.3, 0.4) is 0 Å². The zero-order chi connectivity index (χ0) is 13.6. The molecule has 0 N–H and O–H groups in total. The molecule has 0 bridgehead atoms. The van der Waals surface area contributed by atoms with Crippen molar-refractivity contribution >= 4 is 11.6 Å². The third-order valence-corrected chi connectivity index (χ3v) is 3.93. The molecule has 3 nitrogen and oxygen atoms in total. The molecule has 0 saturated heterocycles. The van der Waals surface area contributed by atoms with Gasteiger partial charge in [0.05, 0.1) is 10.7 Å². The van der Waals surface area contributed by atoms with Gasteiger partial charge in [-0.05, 0) is 43.4 Å². The fourth-order valence-corrected chi connectivity index (χ4v) is 2.70. The van der Waals surface area contributed by atoms with E-state index in [4.69, 9.17) is 11.6 Å². The SMILES string of the molecule is Cc1nnc(C(C)C)n1-c1ccc(C2CC2)cc1Cl. The van der Waals surface area contributed by atoms with Gasteiger partial charge in [0.2, 0.25) is 0 Å². The van der Waals surface area contributed by atoms with E-state index >= 15 is 0 Å². The van der Waals surface area contributed by atoms with E-state index in [2.05, 4.69) is 46.8 Å². The van der Waals surface area contributed by atoms with Crippen molar-refractivity contribution in [2.24, 2.45) is 0 Å². The van der Waals surface area contributed by atoms with Crippen molar-refractivity contribution in [3.63, 3.8) is 0 Å². The summed E-state index contributed by atoms with van der Waals surface area (Å²) in [6.45, 7) is 6.20. The Morgan fingerprint density at radius 2 is 2.00 bits per heavy atom. The second-order valence-electron chi connectivity index (χ2n) is 5.58.